The van der Waals surface area contributed by atoms with Crippen LogP contribution in [0.4, 0.5) is 11.4 Å². The van der Waals surface area contributed by atoms with E-state index in [1.54, 1.807) is 43.5 Å². The summed E-state index contributed by atoms with van der Waals surface area (Å²) in [6, 6.07) is 17.7. The van der Waals surface area contributed by atoms with Crippen molar-refractivity contribution < 1.29 is 19.1 Å². The molecule has 0 heterocycles. The van der Waals surface area contributed by atoms with Gasteiger partial charge < -0.3 is 20.1 Å². The van der Waals surface area contributed by atoms with E-state index in [1.165, 1.54) is 18.9 Å². The normalized spacial score (nSPS) is 10.4. The Hall–Kier alpha value is -3.16. The van der Waals surface area contributed by atoms with E-state index >= 15 is 0 Å². The van der Waals surface area contributed by atoms with Gasteiger partial charge in [0, 0.05) is 26.9 Å². The molecule has 0 aliphatic rings. The van der Waals surface area contributed by atoms with Crippen molar-refractivity contribution in [2.24, 2.45) is 0 Å². The fourth-order valence-corrected chi connectivity index (χ4v) is 3.71. The molecule has 0 unspecified atom stereocenters. The summed E-state index contributed by atoms with van der Waals surface area (Å²) in [6.07, 6.45) is 0. The van der Waals surface area contributed by atoms with Crippen LogP contribution in [0.15, 0.2) is 65.6 Å². The van der Waals surface area contributed by atoms with Crippen LogP contribution in [0, 0.1) is 6.92 Å². The minimum absolute atomic E-state index is 0.124. The average Bonchev–Trinajstić information content (AvgIpc) is 2.80. The van der Waals surface area contributed by atoms with Gasteiger partial charge in [0.05, 0.1) is 20.0 Å². The molecule has 6 nitrogen and oxygen atoms in total. The smallest absolute Gasteiger partial charge is 0.255 e. The van der Waals surface area contributed by atoms with Crippen LogP contribution in [0.25, 0.3) is 0 Å². The second kappa shape index (κ2) is 10.9. The molecule has 0 saturated carbocycles. The molecule has 3 aromatic rings. The average molecular weight is 471 g/mol. The number of aryl methyl sites for hydroxylation is 1. The van der Waals surface area contributed by atoms with Crippen molar-refractivity contribution in [1.82, 2.24) is 0 Å². The van der Waals surface area contributed by atoms with Crippen molar-refractivity contribution in [3.8, 4) is 11.5 Å². The second-order valence-electron chi connectivity index (χ2n) is 6.85. The highest BCUT2D eigenvalue weighted by molar-refractivity contribution is 8.00. The van der Waals surface area contributed by atoms with Crippen molar-refractivity contribution >= 4 is 46.6 Å². The van der Waals surface area contributed by atoms with Gasteiger partial charge in [-0.05, 0) is 67.1 Å². The molecule has 0 fully saturated rings. The summed E-state index contributed by atoms with van der Waals surface area (Å²) in [5, 5.41) is 6.29. The Labute approximate surface area is 196 Å². The number of rotatable bonds is 8. The largest absolute Gasteiger partial charge is 0.493 e. The van der Waals surface area contributed by atoms with Gasteiger partial charge in [-0.15, -0.1) is 11.8 Å². The molecule has 8 heteroatoms. The van der Waals surface area contributed by atoms with E-state index in [4.69, 9.17) is 21.1 Å². The van der Waals surface area contributed by atoms with Crippen LogP contribution in [-0.4, -0.2) is 31.8 Å². The molecule has 0 atom stereocenters. The zero-order valence-corrected chi connectivity index (χ0v) is 19.5. The molecule has 3 aromatic carbocycles. The highest BCUT2D eigenvalue weighted by Gasteiger charge is 2.11. The molecule has 0 aliphatic carbocycles. The number of ether oxygens (including phenoxy) is 2. The Morgan fingerprint density at radius 2 is 1.56 bits per heavy atom. The molecule has 32 heavy (non-hydrogen) atoms. The zero-order chi connectivity index (χ0) is 23.1. The molecule has 0 bridgehead atoms. The first-order valence-corrected chi connectivity index (χ1v) is 11.1. The lowest BCUT2D eigenvalue weighted by molar-refractivity contribution is -0.113. The van der Waals surface area contributed by atoms with Crippen molar-refractivity contribution in [2.75, 3.05) is 30.6 Å². The topological polar surface area (TPSA) is 76.7 Å². The molecule has 0 saturated heterocycles. The molecule has 166 valence electrons. The van der Waals surface area contributed by atoms with E-state index in [1.807, 2.05) is 31.2 Å². The minimum atomic E-state index is -0.262. The zero-order valence-electron chi connectivity index (χ0n) is 17.9. The van der Waals surface area contributed by atoms with Crippen LogP contribution in [0.5, 0.6) is 11.5 Å². The SMILES string of the molecule is COc1ccc(C(=O)Nc2ccc(SCC(=O)Nc3ccc(C)c(Cl)c3)cc2)cc1OC. The highest BCUT2D eigenvalue weighted by Crippen LogP contribution is 2.28. The van der Waals surface area contributed by atoms with Crippen LogP contribution in [-0.2, 0) is 4.79 Å². The Balaban J connectivity index is 1.54. The Morgan fingerprint density at radius 3 is 2.22 bits per heavy atom. The summed E-state index contributed by atoms with van der Waals surface area (Å²) in [5.41, 5.74) is 2.72. The number of hydrogen-bond acceptors (Lipinski definition) is 5. The predicted molar refractivity (Wildman–Crippen MR) is 129 cm³/mol. The quantitative estimate of drug-likeness (QED) is 0.416. The molecular weight excluding hydrogens is 448 g/mol. The van der Waals surface area contributed by atoms with E-state index in [2.05, 4.69) is 10.6 Å². The van der Waals surface area contributed by atoms with E-state index in [0.29, 0.717) is 33.5 Å². The third-order valence-electron chi connectivity index (χ3n) is 4.58. The molecule has 0 aromatic heterocycles. The van der Waals surface area contributed by atoms with Crippen LogP contribution in [0.2, 0.25) is 5.02 Å². The van der Waals surface area contributed by atoms with Gasteiger partial charge in [0.25, 0.3) is 5.91 Å². The van der Waals surface area contributed by atoms with Gasteiger partial charge in [-0.1, -0.05) is 17.7 Å². The lowest BCUT2D eigenvalue weighted by atomic mass is 10.2. The van der Waals surface area contributed by atoms with Crippen LogP contribution >= 0.6 is 23.4 Å². The number of carbonyl (C=O) groups is 2. The lowest BCUT2D eigenvalue weighted by Gasteiger charge is -2.10. The summed E-state index contributed by atoms with van der Waals surface area (Å²) in [5.74, 6) is 0.907. The number of anilines is 2. The predicted octanol–water partition coefficient (Wildman–Crippen LogP) is 5.65. The van der Waals surface area contributed by atoms with Crippen LogP contribution in [0.1, 0.15) is 15.9 Å². The maximum Gasteiger partial charge on any atom is 0.255 e. The standard InChI is InChI=1S/C24H23ClN2O4S/c1-15-4-6-18(13-20(15)25)26-23(28)14-32-19-9-7-17(8-10-19)27-24(29)16-5-11-21(30-2)22(12-16)31-3/h4-13H,14H2,1-3H3,(H,26,28)(H,27,29). The van der Waals surface area contributed by atoms with E-state index in [9.17, 15) is 9.59 Å². The van der Waals surface area contributed by atoms with Gasteiger partial charge in [0.1, 0.15) is 0 Å². The van der Waals surface area contributed by atoms with Crippen molar-refractivity contribution in [1.29, 1.82) is 0 Å². The van der Waals surface area contributed by atoms with Gasteiger partial charge in [-0.2, -0.15) is 0 Å². The van der Waals surface area contributed by atoms with Gasteiger partial charge >= 0.3 is 0 Å². The first-order valence-electron chi connectivity index (χ1n) is 9.72. The fraction of sp³-hybridized carbons (Fsp3) is 0.167. The van der Waals surface area contributed by atoms with E-state index in [-0.39, 0.29) is 17.6 Å². The Morgan fingerprint density at radius 1 is 0.875 bits per heavy atom. The molecule has 2 amide bonds. The minimum Gasteiger partial charge on any atom is -0.493 e. The van der Waals surface area contributed by atoms with Gasteiger partial charge in [0.15, 0.2) is 11.5 Å². The number of carbonyl (C=O) groups excluding carboxylic acids is 2. The number of amides is 2. The number of halogens is 1. The number of hydrogen-bond donors (Lipinski definition) is 2. The van der Waals surface area contributed by atoms with Crippen molar-refractivity contribution in [3.05, 3.63) is 76.8 Å². The number of methoxy groups -OCH3 is 2. The number of benzene rings is 3. The molecule has 0 radical (unpaired) electrons. The summed E-state index contributed by atoms with van der Waals surface area (Å²) < 4.78 is 10.4. The molecule has 3 rings (SSSR count). The third-order valence-corrected chi connectivity index (χ3v) is 6.00. The third kappa shape index (κ3) is 6.18. The number of thioether (sulfide) groups is 1. The van der Waals surface area contributed by atoms with Gasteiger partial charge in [0.2, 0.25) is 5.91 Å². The van der Waals surface area contributed by atoms with E-state index in [0.717, 1.165) is 10.5 Å². The summed E-state index contributed by atoms with van der Waals surface area (Å²) in [7, 11) is 3.06. The molecule has 0 spiro atoms. The summed E-state index contributed by atoms with van der Waals surface area (Å²) in [4.78, 5) is 25.6. The lowest BCUT2D eigenvalue weighted by Crippen LogP contribution is -2.14. The Bertz CT molecular complexity index is 1120. The maximum atomic E-state index is 12.5. The summed E-state index contributed by atoms with van der Waals surface area (Å²) in [6.45, 7) is 1.91. The number of nitrogens with one attached hydrogen (secondary N) is 2. The highest BCUT2D eigenvalue weighted by atomic mass is 35.5. The first-order chi connectivity index (χ1) is 15.4. The van der Waals surface area contributed by atoms with Gasteiger partial charge in [-0.3, -0.25) is 9.59 Å². The monoisotopic (exact) mass is 470 g/mol. The summed E-state index contributed by atoms with van der Waals surface area (Å²) >= 11 is 7.49. The molecule has 2 N–H and O–H groups in total. The second-order valence-corrected chi connectivity index (χ2v) is 8.31. The first kappa shape index (κ1) is 23.5. The van der Waals surface area contributed by atoms with E-state index < -0.39 is 0 Å². The van der Waals surface area contributed by atoms with Crippen LogP contribution in [0.3, 0.4) is 0 Å². The Kier molecular flexibility index (Phi) is 8.03. The van der Waals surface area contributed by atoms with Crippen molar-refractivity contribution in [2.45, 2.75) is 11.8 Å². The van der Waals surface area contributed by atoms with Crippen LogP contribution < -0.4 is 20.1 Å². The molecule has 0 aliphatic heterocycles. The van der Waals surface area contributed by atoms with Gasteiger partial charge in [-0.25, -0.2) is 0 Å². The molecular formula is C24H23ClN2O4S. The van der Waals surface area contributed by atoms with Crippen molar-refractivity contribution in [3.63, 3.8) is 0 Å². The maximum absolute atomic E-state index is 12.5. The fourth-order valence-electron chi connectivity index (χ4n) is 2.83.